The van der Waals surface area contributed by atoms with Crippen molar-refractivity contribution in [1.29, 1.82) is 0 Å². The highest BCUT2D eigenvalue weighted by atomic mass is 79.9. The fraction of sp³-hybridized carbons (Fsp3) is 0.400. The second-order valence-electron chi connectivity index (χ2n) is 3.70. The van der Waals surface area contributed by atoms with Crippen LogP contribution >= 0.6 is 27.3 Å². The lowest BCUT2D eigenvalue weighted by Gasteiger charge is -2.19. The van der Waals surface area contributed by atoms with Crippen molar-refractivity contribution in [2.24, 2.45) is 0 Å². The molecule has 1 N–H and O–H groups in total. The van der Waals surface area contributed by atoms with Gasteiger partial charge in [-0.2, -0.15) is 0 Å². The highest BCUT2D eigenvalue weighted by Crippen LogP contribution is 2.29. The molecule has 1 aromatic heterocycles. The van der Waals surface area contributed by atoms with Crippen LogP contribution in [-0.2, 0) is 4.79 Å². The molecular formula is C10H10BrNO3S. The van der Waals surface area contributed by atoms with Crippen molar-refractivity contribution in [1.82, 2.24) is 4.90 Å². The van der Waals surface area contributed by atoms with Gasteiger partial charge in [-0.1, -0.05) is 0 Å². The van der Waals surface area contributed by atoms with E-state index in [1.165, 1.54) is 16.2 Å². The predicted octanol–water partition coefficient (Wildman–Crippen LogP) is 2.20. The normalized spacial score (nSPS) is 14.8. The lowest BCUT2D eigenvalue weighted by Crippen LogP contribution is -2.37. The van der Waals surface area contributed by atoms with Gasteiger partial charge in [-0.25, -0.2) is 0 Å². The zero-order valence-electron chi connectivity index (χ0n) is 8.35. The largest absolute Gasteiger partial charge is 0.480 e. The van der Waals surface area contributed by atoms with Gasteiger partial charge in [0.1, 0.15) is 6.54 Å². The Morgan fingerprint density at radius 1 is 1.56 bits per heavy atom. The average Bonchev–Trinajstić information content (AvgIpc) is 2.96. The summed E-state index contributed by atoms with van der Waals surface area (Å²) in [6, 6.07) is 1.84. The van der Waals surface area contributed by atoms with Crippen LogP contribution in [0.5, 0.6) is 0 Å². The monoisotopic (exact) mass is 303 g/mol. The Hall–Kier alpha value is -0.880. The van der Waals surface area contributed by atoms with Gasteiger partial charge in [0.05, 0.1) is 9.35 Å². The quantitative estimate of drug-likeness (QED) is 0.928. The number of thiophene rings is 1. The molecule has 1 saturated carbocycles. The Morgan fingerprint density at radius 3 is 2.69 bits per heavy atom. The zero-order valence-corrected chi connectivity index (χ0v) is 10.8. The number of carbonyl (C=O) groups is 2. The van der Waals surface area contributed by atoms with Crippen LogP contribution in [-0.4, -0.2) is 34.5 Å². The molecule has 0 unspecified atom stereocenters. The average molecular weight is 304 g/mol. The first kappa shape index (κ1) is 11.6. The summed E-state index contributed by atoms with van der Waals surface area (Å²) in [5, 5.41) is 10.5. The molecule has 4 nitrogen and oxygen atoms in total. The fourth-order valence-electron chi connectivity index (χ4n) is 1.49. The van der Waals surface area contributed by atoms with E-state index in [2.05, 4.69) is 15.9 Å². The summed E-state index contributed by atoms with van der Waals surface area (Å²) in [6.07, 6.45) is 1.81. The van der Waals surface area contributed by atoms with E-state index in [1.54, 1.807) is 11.4 Å². The van der Waals surface area contributed by atoms with E-state index in [9.17, 15) is 9.59 Å². The number of rotatable bonds is 4. The maximum Gasteiger partial charge on any atom is 0.323 e. The maximum absolute atomic E-state index is 12.0. The van der Waals surface area contributed by atoms with Gasteiger partial charge in [0, 0.05) is 11.4 Å². The molecule has 0 atom stereocenters. The van der Waals surface area contributed by atoms with Crippen molar-refractivity contribution in [2.75, 3.05) is 6.54 Å². The van der Waals surface area contributed by atoms with Crippen molar-refractivity contribution in [2.45, 2.75) is 18.9 Å². The number of hydrogen-bond donors (Lipinski definition) is 1. The van der Waals surface area contributed by atoms with E-state index in [0.29, 0.717) is 5.56 Å². The number of carboxylic acid groups (broad SMARTS) is 1. The fourth-order valence-corrected chi connectivity index (χ4v) is 2.62. The highest BCUT2D eigenvalue weighted by molar-refractivity contribution is 9.11. The van der Waals surface area contributed by atoms with Gasteiger partial charge in [0.2, 0.25) is 0 Å². The van der Waals surface area contributed by atoms with Gasteiger partial charge in [-0.15, -0.1) is 11.3 Å². The lowest BCUT2D eigenvalue weighted by molar-refractivity contribution is -0.137. The van der Waals surface area contributed by atoms with Crippen LogP contribution in [0.1, 0.15) is 23.2 Å². The second-order valence-corrected chi connectivity index (χ2v) is 5.99. The van der Waals surface area contributed by atoms with Crippen LogP contribution in [0.4, 0.5) is 0 Å². The van der Waals surface area contributed by atoms with Gasteiger partial charge in [0.15, 0.2) is 0 Å². The van der Waals surface area contributed by atoms with E-state index >= 15 is 0 Å². The van der Waals surface area contributed by atoms with E-state index in [-0.39, 0.29) is 18.5 Å². The Morgan fingerprint density at radius 2 is 2.25 bits per heavy atom. The minimum Gasteiger partial charge on any atom is -0.480 e. The summed E-state index contributed by atoms with van der Waals surface area (Å²) in [7, 11) is 0. The minimum absolute atomic E-state index is 0.113. The molecule has 6 heteroatoms. The molecule has 0 aromatic carbocycles. The number of hydrogen-bond acceptors (Lipinski definition) is 3. The number of nitrogens with zero attached hydrogens (tertiary/aromatic N) is 1. The van der Waals surface area contributed by atoms with Gasteiger partial charge in [-0.3, -0.25) is 9.59 Å². The van der Waals surface area contributed by atoms with Gasteiger partial charge >= 0.3 is 5.97 Å². The molecule has 1 aliphatic carbocycles. The Bertz CT molecular complexity index is 427. The zero-order chi connectivity index (χ0) is 11.7. The summed E-state index contributed by atoms with van der Waals surface area (Å²) in [5.41, 5.74) is 0.560. The summed E-state index contributed by atoms with van der Waals surface area (Å²) in [6.45, 7) is -0.211. The highest BCUT2D eigenvalue weighted by Gasteiger charge is 2.34. The third-order valence-corrected chi connectivity index (χ3v) is 3.87. The smallest absolute Gasteiger partial charge is 0.323 e. The molecule has 0 aliphatic heterocycles. The van der Waals surface area contributed by atoms with Crippen LogP contribution in [0.3, 0.4) is 0 Å². The second kappa shape index (κ2) is 4.55. The standard InChI is InChI=1S/C10H10BrNO3S/c11-8-3-6(5-16-8)10(15)12(4-9(13)14)7-1-2-7/h3,5,7H,1-2,4H2,(H,13,14). The van der Waals surface area contributed by atoms with Crippen LogP contribution in [0.15, 0.2) is 15.2 Å². The van der Waals surface area contributed by atoms with Crippen molar-refractivity contribution in [3.05, 3.63) is 20.8 Å². The molecule has 2 rings (SSSR count). The molecule has 86 valence electrons. The molecule has 0 saturated heterocycles. The first-order valence-electron chi connectivity index (χ1n) is 4.84. The SMILES string of the molecule is O=C(O)CN(C(=O)c1csc(Br)c1)C1CC1. The molecule has 1 aromatic rings. The first-order chi connectivity index (χ1) is 7.58. The Labute approximate surface area is 105 Å². The van der Waals surface area contributed by atoms with Gasteiger partial charge in [0.25, 0.3) is 5.91 Å². The number of aliphatic carboxylic acids is 1. The van der Waals surface area contributed by atoms with Crippen LogP contribution in [0.25, 0.3) is 0 Å². The van der Waals surface area contributed by atoms with E-state index in [1.807, 2.05) is 0 Å². The predicted molar refractivity (Wildman–Crippen MR) is 63.7 cm³/mol. The molecule has 16 heavy (non-hydrogen) atoms. The summed E-state index contributed by atoms with van der Waals surface area (Å²) in [4.78, 5) is 24.1. The number of amides is 1. The van der Waals surface area contributed by atoms with E-state index < -0.39 is 5.97 Å². The first-order valence-corrected chi connectivity index (χ1v) is 6.52. The molecule has 0 bridgehead atoms. The minimum atomic E-state index is -0.963. The van der Waals surface area contributed by atoms with Crippen LogP contribution in [0.2, 0.25) is 0 Å². The molecule has 1 heterocycles. The number of carboxylic acids is 1. The lowest BCUT2D eigenvalue weighted by atomic mass is 10.3. The molecular weight excluding hydrogens is 294 g/mol. The third kappa shape index (κ3) is 2.62. The van der Waals surface area contributed by atoms with Gasteiger partial charge < -0.3 is 10.0 Å². The van der Waals surface area contributed by atoms with Crippen molar-refractivity contribution in [3.8, 4) is 0 Å². The summed E-state index contributed by atoms with van der Waals surface area (Å²) in [5.74, 6) is -1.15. The molecule has 0 spiro atoms. The summed E-state index contributed by atoms with van der Waals surface area (Å²) < 4.78 is 0.877. The van der Waals surface area contributed by atoms with Crippen molar-refractivity contribution >= 4 is 39.1 Å². The maximum atomic E-state index is 12.0. The number of carbonyl (C=O) groups excluding carboxylic acids is 1. The molecule has 1 amide bonds. The third-order valence-electron chi connectivity index (χ3n) is 2.37. The Balaban J connectivity index is 2.13. The Kier molecular flexibility index (Phi) is 3.30. The van der Waals surface area contributed by atoms with E-state index in [0.717, 1.165) is 16.6 Å². The van der Waals surface area contributed by atoms with Crippen molar-refractivity contribution in [3.63, 3.8) is 0 Å². The van der Waals surface area contributed by atoms with E-state index in [4.69, 9.17) is 5.11 Å². The molecule has 1 aliphatic rings. The van der Waals surface area contributed by atoms with Crippen LogP contribution in [0, 0.1) is 0 Å². The number of halogens is 1. The molecule has 1 fully saturated rings. The van der Waals surface area contributed by atoms with Gasteiger partial charge in [-0.05, 0) is 34.8 Å². The van der Waals surface area contributed by atoms with Crippen molar-refractivity contribution < 1.29 is 14.7 Å². The topological polar surface area (TPSA) is 57.6 Å². The van der Waals surface area contributed by atoms with Crippen LogP contribution < -0.4 is 0 Å². The summed E-state index contributed by atoms with van der Waals surface area (Å²) >= 11 is 4.71. The molecule has 0 radical (unpaired) electrons.